The summed E-state index contributed by atoms with van der Waals surface area (Å²) >= 11 is 6.17. The van der Waals surface area contributed by atoms with Gasteiger partial charge >= 0.3 is 0 Å². The zero-order valence-corrected chi connectivity index (χ0v) is 12.6. The van der Waals surface area contributed by atoms with Crippen LogP contribution < -0.4 is 5.32 Å². The summed E-state index contributed by atoms with van der Waals surface area (Å²) in [4.78, 5) is 0. The first-order chi connectivity index (χ1) is 10.1. The van der Waals surface area contributed by atoms with Crippen LogP contribution in [0.3, 0.4) is 0 Å². The van der Waals surface area contributed by atoms with E-state index in [9.17, 15) is 8.78 Å². The van der Waals surface area contributed by atoms with Gasteiger partial charge in [0.2, 0.25) is 0 Å². The van der Waals surface area contributed by atoms with Crippen molar-refractivity contribution < 1.29 is 8.78 Å². The van der Waals surface area contributed by atoms with Crippen LogP contribution in [-0.2, 0) is 12.8 Å². The van der Waals surface area contributed by atoms with Gasteiger partial charge in [-0.05, 0) is 56.1 Å². The Morgan fingerprint density at radius 2 is 1.67 bits per heavy atom. The monoisotopic (exact) mass is 309 g/mol. The largest absolute Gasteiger partial charge is 0.319 e. The summed E-state index contributed by atoms with van der Waals surface area (Å²) < 4.78 is 27.6. The number of nitrogens with one attached hydrogen (secondary N) is 1. The molecule has 0 bridgehead atoms. The van der Waals surface area contributed by atoms with Gasteiger partial charge in [-0.15, -0.1) is 0 Å². The lowest BCUT2D eigenvalue weighted by Crippen LogP contribution is -2.23. The molecule has 1 atom stereocenters. The smallest absolute Gasteiger partial charge is 0.129 e. The summed E-state index contributed by atoms with van der Waals surface area (Å²) in [6.45, 7) is 0.666. The highest BCUT2D eigenvalue weighted by atomic mass is 35.5. The van der Waals surface area contributed by atoms with Crippen molar-refractivity contribution in [2.24, 2.45) is 5.92 Å². The molecule has 2 aromatic carbocycles. The van der Waals surface area contributed by atoms with Crippen LogP contribution in [0, 0.1) is 17.6 Å². The second-order valence-electron chi connectivity index (χ2n) is 5.12. The number of benzene rings is 2. The third-order valence-electron chi connectivity index (χ3n) is 3.51. The maximum absolute atomic E-state index is 13.8. The van der Waals surface area contributed by atoms with E-state index in [4.69, 9.17) is 11.6 Å². The minimum absolute atomic E-state index is 0.0706. The molecule has 0 spiro atoms. The molecular weight excluding hydrogens is 292 g/mol. The van der Waals surface area contributed by atoms with Crippen molar-refractivity contribution >= 4 is 11.6 Å². The van der Waals surface area contributed by atoms with Crippen molar-refractivity contribution in [3.63, 3.8) is 0 Å². The van der Waals surface area contributed by atoms with Crippen molar-refractivity contribution in [3.05, 3.63) is 70.2 Å². The van der Waals surface area contributed by atoms with Crippen LogP contribution in [0.1, 0.15) is 11.1 Å². The molecule has 0 heterocycles. The quantitative estimate of drug-likeness (QED) is 0.841. The Morgan fingerprint density at radius 3 is 2.29 bits per heavy atom. The number of halogens is 3. The fourth-order valence-corrected chi connectivity index (χ4v) is 2.71. The third-order valence-corrected chi connectivity index (χ3v) is 3.88. The molecular formula is C17H18ClF2N. The Kier molecular flexibility index (Phi) is 5.71. The SMILES string of the molecule is CNCC(Cc1ccccc1Cl)Cc1c(F)cccc1F. The van der Waals surface area contributed by atoms with E-state index in [-0.39, 0.29) is 11.5 Å². The molecule has 0 aromatic heterocycles. The summed E-state index contributed by atoms with van der Waals surface area (Å²) in [7, 11) is 1.83. The highest BCUT2D eigenvalue weighted by Crippen LogP contribution is 2.23. The van der Waals surface area contributed by atoms with Crippen LogP contribution in [-0.4, -0.2) is 13.6 Å². The van der Waals surface area contributed by atoms with E-state index >= 15 is 0 Å². The minimum Gasteiger partial charge on any atom is -0.319 e. The van der Waals surface area contributed by atoms with Crippen molar-refractivity contribution in [3.8, 4) is 0 Å². The van der Waals surface area contributed by atoms with Gasteiger partial charge in [0.05, 0.1) is 0 Å². The molecule has 2 rings (SSSR count). The molecule has 0 fully saturated rings. The molecule has 0 saturated carbocycles. The van der Waals surface area contributed by atoms with Gasteiger partial charge in [-0.2, -0.15) is 0 Å². The first-order valence-electron chi connectivity index (χ1n) is 6.92. The van der Waals surface area contributed by atoms with Crippen molar-refractivity contribution in [1.82, 2.24) is 5.32 Å². The van der Waals surface area contributed by atoms with Crippen molar-refractivity contribution in [2.75, 3.05) is 13.6 Å². The highest BCUT2D eigenvalue weighted by Gasteiger charge is 2.17. The Balaban J connectivity index is 2.18. The molecule has 0 amide bonds. The highest BCUT2D eigenvalue weighted by molar-refractivity contribution is 6.31. The summed E-state index contributed by atoms with van der Waals surface area (Å²) in [5.41, 5.74) is 1.14. The lowest BCUT2D eigenvalue weighted by atomic mass is 9.92. The predicted octanol–water partition coefficient (Wildman–Crippen LogP) is 4.24. The molecule has 0 saturated heterocycles. The van der Waals surface area contributed by atoms with Crippen LogP contribution in [0.2, 0.25) is 5.02 Å². The van der Waals surface area contributed by atoms with E-state index in [0.29, 0.717) is 24.4 Å². The molecule has 4 heteroatoms. The van der Waals surface area contributed by atoms with E-state index in [1.165, 1.54) is 18.2 Å². The van der Waals surface area contributed by atoms with E-state index in [1.807, 2.05) is 31.3 Å². The molecule has 1 N–H and O–H groups in total. The maximum Gasteiger partial charge on any atom is 0.129 e. The molecule has 1 unspecified atom stereocenters. The summed E-state index contributed by atoms with van der Waals surface area (Å²) in [6.07, 6.45) is 1.01. The normalized spacial score (nSPS) is 12.4. The first kappa shape index (κ1) is 15.9. The zero-order valence-electron chi connectivity index (χ0n) is 11.9. The lowest BCUT2D eigenvalue weighted by molar-refractivity contribution is 0.462. The molecule has 21 heavy (non-hydrogen) atoms. The lowest BCUT2D eigenvalue weighted by Gasteiger charge is -2.18. The molecule has 0 radical (unpaired) electrons. The van der Waals surface area contributed by atoms with E-state index in [2.05, 4.69) is 5.32 Å². The predicted molar refractivity (Wildman–Crippen MR) is 82.6 cm³/mol. The van der Waals surface area contributed by atoms with Gasteiger partial charge in [-0.1, -0.05) is 35.9 Å². The van der Waals surface area contributed by atoms with Crippen molar-refractivity contribution in [1.29, 1.82) is 0 Å². The van der Waals surface area contributed by atoms with Gasteiger partial charge in [-0.3, -0.25) is 0 Å². The Bertz CT molecular complexity index is 581. The van der Waals surface area contributed by atoms with Gasteiger partial charge in [-0.25, -0.2) is 8.78 Å². The van der Waals surface area contributed by atoms with Crippen LogP contribution in [0.25, 0.3) is 0 Å². The number of hydrogen-bond acceptors (Lipinski definition) is 1. The Hall–Kier alpha value is -1.45. The van der Waals surface area contributed by atoms with Gasteiger partial charge in [0.1, 0.15) is 11.6 Å². The number of hydrogen-bond donors (Lipinski definition) is 1. The van der Waals surface area contributed by atoms with Gasteiger partial charge < -0.3 is 5.32 Å². The summed E-state index contributed by atoms with van der Waals surface area (Å²) in [5, 5.41) is 3.77. The standard InChI is InChI=1S/C17H18ClF2N/c1-21-11-12(9-13-5-2-3-6-15(13)18)10-14-16(19)7-4-8-17(14)20/h2-8,12,21H,9-11H2,1H3. The van der Waals surface area contributed by atoms with Gasteiger partial charge in [0.25, 0.3) is 0 Å². The van der Waals surface area contributed by atoms with Crippen LogP contribution in [0.5, 0.6) is 0 Å². The first-order valence-corrected chi connectivity index (χ1v) is 7.30. The Morgan fingerprint density at radius 1 is 1.00 bits per heavy atom. The van der Waals surface area contributed by atoms with E-state index < -0.39 is 11.6 Å². The van der Waals surface area contributed by atoms with Crippen LogP contribution >= 0.6 is 11.6 Å². The molecule has 1 nitrogen and oxygen atoms in total. The topological polar surface area (TPSA) is 12.0 Å². The van der Waals surface area contributed by atoms with Gasteiger partial charge in [0, 0.05) is 10.6 Å². The summed E-state index contributed by atoms with van der Waals surface area (Å²) in [5.74, 6) is -0.910. The fourth-order valence-electron chi connectivity index (χ4n) is 2.50. The van der Waals surface area contributed by atoms with E-state index in [1.54, 1.807) is 0 Å². The summed E-state index contributed by atoms with van der Waals surface area (Å²) in [6, 6.07) is 11.5. The minimum atomic E-state index is -0.490. The molecule has 0 aliphatic rings. The second kappa shape index (κ2) is 7.53. The average Bonchev–Trinajstić information content (AvgIpc) is 2.45. The molecule has 0 aliphatic heterocycles. The molecule has 0 aliphatic carbocycles. The maximum atomic E-state index is 13.8. The number of rotatable bonds is 6. The second-order valence-corrected chi connectivity index (χ2v) is 5.53. The fraction of sp³-hybridized carbons (Fsp3) is 0.294. The van der Waals surface area contributed by atoms with Crippen LogP contribution in [0.4, 0.5) is 8.78 Å². The average molecular weight is 310 g/mol. The van der Waals surface area contributed by atoms with Gasteiger partial charge in [0.15, 0.2) is 0 Å². The molecule has 2 aromatic rings. The third kappa shape index (κ3) is 4.26. The van der Waals surface area contributed by atoms with Crippen molar-refractivity contribution in [2.45, 2.75) is 12.8 Å². The molecule has 112 valence electrons. The van der Waals surface area contributed by atoms with E-state index in [0.717, 1.165) is 5.56 Å². The Labute approximate surface area is 128 Å². The van der Waals surface area contributed by atoms with Crippen LogP contribution in [0.15, 0.2) is 42.5 Å². The zero-order chi connectivity index (χ0) is 15.2.